The van der Waals surface area contributed by atoms with E-state index in [1.807, 2.05) is 30.3 Å². The maximum absolute atomic E-state index is 13.4. The number of aliphatic carboxylic acids is 1. The molecule has 5 atom stereocenters. The van der Waals surface area contributed by atoms with Crippen molar-refractivity contribution in [2.75, 3.05) is 0 Å². The summed E-state index contributed by atoms with van der Waals surface area (Å²) in [6.07, 6.45) is 0.345. The normalized spacial score (nSPS) is 14.5. The Morgan fingerprint density at radius 3 is 2.29 bits per heavy atom. The number of aliphatic hydroxyl groups excluding tert-OH is 1. The van der Waals surface area contributed by atoms with Crippen LogP contribution in [0.2, 0.25) is 0 Å². The Kier molecular flexibility index (Phi) is 13.0. The van der Waals surface area contributed by atoms with Gasteiger partial charge in [0.15, 0.2) is 11.6 Å². The van der Waals surface area contributed by atoms with E-state index >= 15 is 0 Å². The average molecular weight is 624 g/mol. The van der Waals surface area contributed by atoms with Gasteiger partial charge in [0, 0.05) is 12.8 Å². The zero-order valence-corrected chi connectivity index (χ0v) is 25.1. The van der Waals surface area contributed by atoms with E-state index < -0.39 is 47.9 Å². The number of hydrogen-bond donors (Lipinski definition) is 8. The molecule has 1 unspecified atom stereocenters. The van der Waals surface area contributed by atoms with Crippen LogP contribution in [0.4, 0.5) is 4.79 Å². The highest BCUT2D eigenvalue weighted by atomic mass is 16.5. The first-order chi connectivity index (χ1) is 21.4. The second kappa shape index (κ2) is 16.9. The van der Waals surface area contributed by atoms with Crippen LogP contribution in [0.3, 0.4) is 0 Å². The summed E-state index contributed by atoms with van der Waals surface area (Å²) in [7, 11) is 0. The van der Waals surface area contributed by atoms with E-state index in [4.69, 9.17) is 21.4 Å². The predicted molar refractivity (Wildman–Crippen MR) is 164 cm³/mol. The third-order valence-electron chi connectivity index (χ3n) is 7.22. The number of phenolic OH excluding ortho intramolecular Hbond substituents is 1. The molecule has 14 nitrogen and oxygen atoms in total. The highest BCUT2D eigenvalue weighted by molar-refractivity contribution is 5.91. The largest absolute Gasteiger partial charge is 0.508 e. The number of benzene rings is 2. The quantitative estimate of drug-likeness (QED) is 0.0580. The molecule has 2 amide bonds. The minimum atomic E-state index is -1.18. The monoisotopic (exact) mass is 623 g/mol. The summed E-state index contributed by atoms with van der Waals surface area (Å²) in [5.74, 6) is -2.62. The lowest BCUT2D eigenvalue weighted by atomic mass is 9.90. The van der Waals surface area contributed by atoms with Crippen molar-refractivity contribution in [2.45, 2.75) is 76.1 Å². The molecule has 0 aliphatic carbocycles. The van der Waals surface area contributed by atoms with Crippen molar-refractivity contribution < 1.29 is 34.2 Å². The first kappa shape index (κ1) is 34.7. The molecule has 0 aliphatic heterocycles. The van der Waals surface area contributed by atoms with E-state index in [-0.39, 0.29) is 42.6 Å². The molecule has 1 heterocycles. The number of carbonyl (C=O) groups excluding carboxylic acids is 2. The summed E-state index contributed by atoms with van der Waals surface area (Å²) in [4.78, 5) is 42.8. The summed E-state index contributed by atoms with van der Waals surface area (Å²) in [5, 5.41) is 46.3. The zero-order valence-electron chi connectivity index (χ0n) is 25.1. The van der Waals surface area contributed by atoms with Crippen molar-refractivity contribution in [3.05, 3.63) is 77.4 Å². The number of aromatic nitrogens is 2. The third-order valence-corrected chi connectivity index (χ3v) is 7.22. The van der Waals surface area contributed by atoms with Crippen molar-refractivity contribution in [1.82, 2.24) is 20.8 Å². The number of amides is 2. The second-order valence-corrected chi connectivity index (χ2v) is 11.0. The molecule has 0 saturated heterocycles. The molecule has 3 aromatic rings. The number of carbonyl (C=O) groups is 3. The number of nitrogens with one attached hydrogen (secondary N) is 3. The Morgan fingerprint density at radius 1 is 1.00 bits per heavy atom. The fourth-order valence-electron chi connectivity index (χ4n) is 4.74. The topological polar surface area (TPSA) is 251 Å². The molecule has 14 heteroatoms. The highest BCUT2D eigenvalue weighted by Crippen LogP contribution is 2.21. The zero-order chi connectivity index (χ0) is 32.9. The third kappa shape index (κ3) is 11.3. The maximum Gasteiger partial charge on any atom is 0.316 e. The number of unbranched alkanes of at least 4 members (excludes halogenated alkanes) is 1. The van der Waals surface area contributed by atoms with Crippen molar-refractivity contribution in [2.24, 2.45) is 17.4 Å². The lowest BCUT2D eigenvalue weighted by molar-refractivity contribution is -0.144. The Balaban J connectivity index is 1.69. The van der Waals surface area contributed by atoms with Gasteiger partial charge in [-0.3, -0.25) is 15.0 Å². The van der Waals surface area contributed by atoms with Gasteiger partial charge in [-0.05, 0) is 55.9 Å². The van der Waals surface area contributed by atoms with E-state index in [1.165, 1.54) is 19.1 Å². The molecule has 1 aromatic heterocycles. The SMILES string of the molecule is C[C@@H](O)[C@H](NC(=O)N[C@@H](CCCCC(=N)N)C(=O)CC(Cc1ccc(O)cc1)C(=O)O)c1nc([C@@H](N)Cc2ccccc2)no1. The number of amidine groups is 1. The number of Topliss-reactive ketones (excluding diaryl/α,β-unsaturated/α-hetero) is 1. The van der Waals surface area contributed by atoms with Crippen molar-refractivity contribution in [3.8, 4) is 5.75 Å². The van der Waals surface area contributed by atoms with Crippen LogP contribution >= 0.6 is 0 Å². The average Bonchev–Trinajstić information content (AvgIpc) is 3.48. The lowest BCUT2D eigenvalue weighted by Gasteiger charge is -2.23. The molecule has 2 aromatic carbocycles. The number of carboxylic acids is 1. The number of aliphatic hydroxyl groups is 1. The van der Waals surface area contributed by atoms with Crippen LogP contribution in [0, 0.1) is 11.3 Å². The molecule has 0 aliphatic rings. The first-order valence-electron chi connectivity index (χ1n) is 14.7. The van der Waals surface area contributed by atoms with Crippen molar-refractivity contribution in [3.63, 3.8) is 0 Å². The smallest absolute Gasteiger partial charge is 0.316 e. The number of nitrogens with two attached hydrogens (primary N) is 2. The van der Waals surface area contributed by atoms with Gasteiger partial charge in [0.2, 0.25) is 0 Å². The molecule has 3 rings (SSSR count). The van der Waals surface area contributed by atoms with E-state index in [1.54, 1.807) is 12.1 Å². The van der Waals surface area contributed by atoms with E-state index in [0.717, 1.165) is 5.56 Å². The van der Waals surface area contributed by atoms with E-state index in [9.17, 15) is 29.7 Å². The van der Waals surface area contributed by atoms with Crippen LogP contribution in [0.15, 0.2) is 59.1 Å². The summed E-state index contributed by atoms with van der Waals surface area (Å²) >= 11 is 0. The van der Waals surface area contributed by atoms with Gasteiger partial charge in [0.05, 0.1) is 29.9 Å². The first-order valence-corrected chi connectivity index (χ1v) is 14.7. The van der Waals surface area contributed by atoms with E-state index in [0.29, 0.717) is 31.2 Å². The number of nitrogens with zero attached hydrogens (tertiary/aromatic N) is 2. The number of rotatable bonds is 18. The molecule has 0 fully saturated rings. The summed E-state index contributed by atoms with van der Waals surface area (Å²) in [6.45, 7) is 1.42. The summed E-state index contributed by atoms with van der Waals surface area (Å²) in [6, 6.07) is 11.9. The Labute approximate surface area is 260 Å². The Hall–Kier alpha value is -4.82. The van der Waals surface area contributed by atoms with Gasteiger partial charge in [-0.15, -0.1) is 0 Å². The Bertz CT molecular complexity index is 1410. The highest BCUT2D eigenvalue weighted by Gasteiger charge is 2.31. The predicted octanol–water partition coefficient (Wildman–Crippen LogP) is 2.51. The van der Waals surface area contributed by atoms with Crippen LogP contribution in [0.1, 0.15) is 74.0 Å². The lowest BCUT2D eigenvalue weighted by Crippen LogP contribution is -2.49. The molecule has 242 valence electrons. The van der Waals surface area contributed by atoms with Gasteiger partial charge >= 0.3 is 12.0 Å². The molecule has 0 saturated carbocycles. The maximum atomic E-state index is 13.4. The minimum absolute atomic E-state index is 0.00870. The van der Waals surface area contributed by atoms with Crippen molar-refractivity contribution in [1.29, 1.82) is 5.41 Å². The number of aromatic hydroxyl groups is 1. The molecular formula is C31H41N7O7. The van der Waals surface area contributed by atoms with Crippen LogP contribution in [-0.2, 0) is 22.4 Å². The van der Waals surface area contributed by atoms with Gasteiger partial charge in [-0.2, -0.15) is 4.98 Å². The second-order valence-electron chi connectivity index (χ2n) is 11.0. The summed E-state index contributed by atoms with van der Waals surface area (Å²) in [5.41, 5.74) is 13.3. The fourth-order valence-corrected chi connectivity index (χ4v) is 4.74. The van der Waals surface area contributed by atoms with Gasteiger partial charge in [0.1, 0.15) is 11.8 Å². The molecular weight excluding hydrogens is 582 g/mol. The minimum Gasteiger partial charge on any atom is -0.508 e. The fraction of sp³-hybridized carbons (Fsp3) is 0.419. The number of ketones is 1. The summed E-state index contributed by atoms with van der Waals surface area (Å²) < 4.78 is 5.32. The van der Waals surface area contributed by atoms with Crippen LogP contribution in [0.5, 0.6) is 5.75 Å². The molecule has 0 bridgehead atoms. The van der Waals surface area contributed by atoms with Gasteiger partial charge in [-0.25, -0.2) is 4.79 Å². The van der Waals surface area contributed by atoms with Crippen molar-refractivity contribution >= 4 is 23.6 Å². The number of hydrogen-bond acceptors (Lipinski definition) is 10. The Morgan fingerprint density at radius 2 is 1.67 bits per heavy atom. The van der Waals surface area contributed by atoms with Gasteiger partial charge in [-0.1, -0.05) is 54.0 Å². The van der Waals surface area contributed by atoms with Crippen LogP contribution in [0.25, 0.3) is 0 Å². The number of urea groups is 1. The van der Waals surface area contributed by atoms with Gasteiger partial charge < -0.3 is 41.9 Å². The molecule has 0 radical (unpaired) electrons. The number of phenols is 1. The molecule has 0 spiro atoms. The van der Waals surface area contributed by atoms with E-state index in [2.05, 4.69) is 20.8 Å². The molecule has 45 heavy (non-hydrogen) atoms. The van der Waals surface area contributed by atoms with Crippen LogP contribution in [-0.4, -0.2) is 61.2 Å². The van der Waals surface area contributed by atoms with Crippen LogP contribution < -0.4 is 22.1 Å². The number of carboxylic acid groups (broad SMARTS) is 1. The van der Waals surface area contributed by atoms with Gasteiger partial charge in [0.25, 0.3) is 5.89 Å². The molecule has 10 N–H and O–H groups in total. The standard InChI is InChI=1S/C31H41N7O7/c1-18(39)27(29-37-28(38-45-29)23(32)16-19-7-3-2-4-8-19)36-31(44)35-24(9-5-6-10-26(33)34)25(41)17-21(30(42)43)15-20-11-13-22(40)14-12-20/h2-4,7-8,11-14,18,21,23-24,27,39-40H,5-6,9-10,15-17,32H2,1H3,(H3,33,34)(H,42,43)(H2,35,36,44)/t18-,21?,23+,24+,27+/m1/s1.